The van der Waals surface area contributed by atoms with Gasteiger partial charge in [0.05, 0.1) is 12.1 Å². The van der Waals surface area contributed by atoms with Crippen LogP contribution in [0.1, 0.15) is 38.2 Å². The second kappa shape index (κ2) is 7.78. The van der Waals surface area contributed by atoms with E-state index in [2.05, 4.69) is 4.72 Å². The summed E-state index contributed by atoms with van der Waals surface area (Å²) in [5.41, 5.74) is 0.463. The van der Waals surface area contributed by atoms with E-state index in [4.69, 9.17) is 5.26 Å². The third-order valence-corrected chi connectivity index (χ3v) is 5.32. The third kappa shape index (κ3) is 3.81. The first kappa shape index (κ1) is 17.2. The molecule has 112 valence electrons. The fraction of sp³-hybridized carbons (Fsp3) is 0.467. The zero-order chi connectivity index (χ0) is 15.8. The first-order valence-corrected chi connectivity index (χ1v) is 8.35. The summed E-state index contributed by atoms with van der Waals surface area (Å²) in [5, 5.41) is 18.1. The molecule has 1 atom stereocenters. The Morgan fingerprint density at radius 3 is 2.43 bits per heavy atom. The van der Waals surface area contributed by atoms with Crippen molar-refractivity contribution in [1.82, 2.24) is 4.72 Å². The van der Waals surface area contributed by atoms with Crippen LogP contribution in [0.15, 0.2) is 30.3 Å². The van der Waals surface area contributed by atoms with Crippen LogP contribution in [0.4, 0.5) is 0 Å². The highest BCUT2D eigenvalue weighted by molar-refractivity contribution is 7.90. The van der Waals surface area contributed by atoms with Gasteiger partial charge in [-0.05, 0) is 12.0 Å². The molecular weight excluding hydrogens is 286 g/mol. The fourth-order valence-electron chi connectivity index (χ4n) is 2.11. The van der Waals surface area contributed by atoms with Crippen LogP contribution in [0.3, 0.4) is 0 Å². The van der Waals surface area contributed by atoms with Crippen LogP contribution in [0, 0.1) is 22.7 Å². The molecule has 0 aromatic heterocycles. The van der Waals surface area contributed by atoms with E-state index in [9.17, 15) is 13.7 Å². The number of sulfonamides is 1. The van der Waals surface area contributed by atoms with Crippen molar-refractivity contribution < 1.29 is 8.42 Å². The van der Waals surface area contributed by atoms with Gasteiger partial charge in [-0.1, -0.05) is 50.1 Å². The van der Waals surface area contributed by atoms with Crippen LogP contribution in [0.25, 0.3) is 0 Å². The van der Waals surface area contributed by atoms with E-state index < -0.39 is 14.8 Å². The largest absolute Gasteiger partial charge is 0.235 e. The lowest BCUT2D eigenvalue weighted by Crippen LogP contribution is -2.43. The first-order chi connectivity index (χ1) is 10.0. The lowest BCUT2D eigenvalue weighted by atomic mass is 9.94. The highest BCUT2D eigenvalue weighted by atomic mass is 32.2. The topological polar surface area (TPSA) is 93.8 Å². The zero-order valence-corrected chi connectivity index (χ0v) is 12.9. The molecule has 0 amide bonds. The second-order valence-corrected chi connectivity index (χ2v) is 6.71. The van der Waals surface area contributed by atoms with Gasteiger partial charge in [0.2, 0.25) is 10.0 Å². The van der Waals surface area contributed by atoms with Gasteiger partial charge in [-0.3, -0.25) is 0 Å². The van der Waals surface area contributed by atoms with Crippen molar-refractivity contribution in [2.45, 2.75) is 37.4 Å². The van der Waals surface area contributed by atoms with Crippen LogP contribution in [0.2, 0.25) is 0 Å². The van der Waals surface area contributed by atoms with Crippen molar-refractivity contribution in [2.24, 2.45) is 0 Å². The number of benzene rings is 1. The fourth-order valence-corrected chi connectivity index (χ4v) is 3.71. The summed E-state index contributed by atoms with van der Waals surface area (Å²) in [7, 11) is -3.89. The van der Waals surface area contributed by atoms with E-state index in [0.29, 0.717) is 12.0 Å². The Balaban J connectivity index is 3.25. The van der Waals surface area contributed by atoms with Crippen molar-refractivity contribution in [3.05, 3.63) is 35.9 Å². The van der Waals surface area contributed by atoms with Crippen LogP contribution < -0.4 is 4.72 Å². The number of nitriles is 2. The van der Waals surface area contributed by atoms with Gasteiger partial charge in [0.1, 0.15) is 0 Å². The molecule has 0 aliphatic heterocycles. The summed E-state index contributed by atoms with van der Waals surface area (Å²) in [5.74, 6) is 0. The average Bonchev–Trinajstić information content (AvgIpc) is 2.49. The molecule has 0 heterocycles. The molecule has 0 bridgehead atoms. The summed E-state index contributed by atoms with van der Waals surface area (Å²) in [6.45, 7) is 1.96. The van der Waals surface area contributed by atoms with E-state index in [-0.39, 0.29) is 19.4 Å². The standard InChI is InChI=1S/C15H19N3O2S/c1-2-3-10-15(13-17,14-8-5-4-6-9-14)21(19,20)18-12-7-11-16/h4-6,8-9,18H,2-3,7,10,12H2,1H3. The minimum atomic E-state index is -3.89. The maximum atomic E-state index is 12.6. The molecule has 1 unspecified atom stereocenters. The Morgan fingerprint density at radius 1 is 1.24 bits per heavy atom. The molecule has 0 saturated heterocycles. The number of hydrogen-bond acceptors (Lipinski definition) is 4. The monoisotopic (exact) mass is 305 g/mol. The lowest BCUT2D eigenvalue weighted by molar-refractivity contribution is 0.522. The molecule has 0 spiro atoms. The highest BCUT2D eigenvalue weighted by Gasteiger charge is 2.45. The van der Waals surface area contributed by atoms with Gasteiger partial charge in [0.15, 0.2) is 4.75 Å². The molecule has 1 rings (SSSR count). The Bertz CT molecular complexity index is 629. The molecule has 0 aliphatic carbocycles. The van der Waals surface area contributed by atoms with Gasteiger partial charge in [-0.15, -0.1) is 0 Å². The second-order valence-electron chi connectivity index (χ2n) is 4.71. The maximum absolute atomic E-state index is 12.6. The molecule has 0 saturated carbocycles. The Kier molecular flexibility index (Phi) is 6.36. The van der Waals surface area contributed by atoms with Crippen LogP contribution in [-0.2, 0) is 14.8 Å². The number of unbranched alkanes of at least 4 members (excludes halogenated alkanes) is 1. The smallest absolute Gasteiger partial charge is 0.213 e. The summed E-state index contributed by atoms with van der Waals surface area (Å²) in [6.07, 6.45) is 1.72. The molecule has 0 aliphatic rings. The van der Waals surface area contributed by atoms with Gasteiger partial charge in [-0.25, -0.2) is 13.1 Å². The van der Waals surface area contributed by atoms with Gasteiger partial charge < -0.3 is 0 Å². The third-order valence-electron chi connectivity index (χ3n) is 3.29. The number of nitrogens with one attached hydrogen (secondary N) is 1. The molecule has 1 aromatic carbocycles. The minimum Gasteiger partial charge on any atom is -0.213 e. The molecule has 1 N–H and O–H groups in total. The number of rotatable bonds is 8. The van der Waals surface area contributed by atoms with E-state index in [1.54, 1.807) is 30.3 Å². The summed E-state index contributed by atoms with van der Waals surface area (Å²) >= 11 is 0. The van der Waals surface area contributed by atoms with E-state index in [1.807, 2.05) is 19.1 Å². The molecule has 0 fully saturated rings. The van der Waals surface area contributed by atoms with E-state index >= 15 is 0 Å². The summed E-state index contributed by atoms with van der Waals surface area (Å²) < 4.78 is 26.0. The highest BCUT2D eigenvalue weighted by Crippen LogP contribution is 2.34. The van der Waals surface area contributed by atoms with Crippen molar-refractivity contribution in [3.8, 4) is 12.1 Å². The summed E-state index contributed by atoms with van der Waals surface area (Å²) in [6, 6.07) is 12.4. The lowest BCUT2D eigenvalue weighted by Gasteiger charge is -2.27. The van der Waals surface area contributed by atoms with Crippen LogP contribution >= 0.6 is 0 Å². The Hall–Kier alpha value is -1.89. The molecule has 0 radical (unpaired) electrons. The van der Waals surface area contributed by atoms with Gasteiger partial charge in [0.25, 0.3) is 0 Å². The van der Waals surface area contributed by atoms with Crippen LogP contribution in [-0.4, -0.2) is 15.0 Å². The molecule has 6 heteroatoms. The Morgan fingerprint density at radius 2 is 1.90 bits per heavy atom. The molecular formula is C15H19N3O2S. The Labute approximate surface area is 126 Å². The van der Waals surface area contributed by atoms with E-state index in [1.165, 1.54) is 0 Å². The average molecular weight is 305 g/mol. The molecule has 5 nitrogen and oxygen atoms in total. The number of hydrogen-bond donors (Lipinski definition) is 1. The van der Waals surface area contributed by atoms with Crippen molar-refractivity contribution in [1.29, 1.82) is 10.5 Å². The van der Waals surface area contributed by atoms with Crippen molar-refractivity contribution in [2.75, 3.05) is 6.54 Å². The van der Waals surface area contributed by atoms with Crippen LogP contribution in [0.5, 0.6) is 0 Å². The van der Waals surface area contributed by atoms with Crippen molar-refractivity contribution >= 4 is 10.0 Å². The predicted octanol–water partition coefficient (Wildman–Crippen LogP) is 2.43. The van der Waals surface area contributed by atoms with Crippen molar-refractivity contribution in [3.63, 3.8) is 0 Å². The predicted molar refractivity (Wildman–Crippen MR) is 80.4 cm³/mol. The van der Waals surface area contributed by atoms with Gasteiger partial charge in [0, 0.05) is 13.0 Å². The zero-order valence-electron chi connectivity index (χ0n) is 12.0. The normalized spacial score (nSPS) is 13.9. The molecule has 1 aromatic rings. The SMILES string of the molecule is CCCCC(C#N)(c1ccccc1)S(=O)(=O)NCCC#N. The minimum absolute atomic E-state index is 0.0151. The van der Waals surface area contributed by atoms with Gasteiger partial charge in [-0.2, -0.15) is 10.5 Å². The molecule has 21 heavy (non-hydrogen) atoms. The first-order valence-electron chi connectivity index (χ1n) is 6.87. The quantitative estimate of drug-likeness (QED) is 0.746. The summed E-state index contributed by atoms with van der Waals surface area (Å²) in [4.78, 5) is 0. The van der Waals surface area contributed by atoms with E-state index in [0.717, 1.165) is 6.42 Å². The number of nitrogens with zero attached hydrogens (tertiary/aromatic N) is 2. The maximum Gasteiger partial charge on any atom is 0.235 e. The van der Waals surface area contributed by atoms with Gasteiger partial charge >= 0.3 is 0 Å².